The number of rotatable bonds is 4. The number of halogens is 1. The summed E-state index contributed by atoms with van der Waals surface area (Å²) < 4.78 is 6.96. The van der Waals surface area contributed by atoms with Gasteiger partial charge in [-0.05, 0) is 44.1 Å². The number of hydrogen-bond donors (Lipinski definition) is 1. The second kappa shape index (κ2) is 7.05. The quantitative estimate of drug-likeness (QED) is 0.826. The minimum atomic E-state index is -0.434. The number of nitrogens with zero attached hydrogens (tertiary/aromatic N) is 2. The monoisotopic (exact) mass is 374 g/mol. The van der Waals surface area contributed by atoms with Gasteiger partial charge in [0.2, 0.25) is 0 Å². The van der Waals surface area contributed by atoms with Crippen LogP contribution in [-0.2, 0) is 9.53 Å². The highest BCUT2D eigenvalue weighted by molar-refractivity contribution is 6.32. The Labute approximate surface area is 158 Å². The predicted molar refractivity (Wildman–Crippen MR) is 98.9 cm³/mol. The third-order valence-corrected chi connectivity index (χ3v) is 6.31. The van der Waals surface area contributed by atoms with Crippen LogP contribution in [0, 0.1) is 11.8 Å². The van der Waals surface area contributed by atoms with Crippen LogP contribution in [0.15, 0.2) is 30.7 Å². The first-order chi connectivity index (χ1) is 12.6. The fraction of sp³-hybridized carbons (Fsp3) is 0.500. The molecule has 2 atom stereocenters. The molecule has 2 aliphatic rings. The minimum absolute atomic E-state index is 0.00419. The predicted octanol–water partition coefficient (Wildman–Crippen LogP) is 3.84. The van der Waals surface area contributed by atoms with Crippen molar-refractivity contribution in [2.45, 2.75) is 44.2 Å². The first-order valence-corrected chi connectivity index (χ1v) is 9.54. The number of hydrogen-bond acceptors (Lipinski definition) is 4. The highest BCUT2D eigenvalue weighted by atomic mass is 35.5. The van der Waals surface area contributed by atoms with Crippen LogP contribution in [-0.4, -0.2) is 33.8 Å². The molecule has 0 saturated heterocycles. The maximum absolute atomic E-state index is 11.7. The molecule has 1 aliphatic carbocycles. The molecular formula is C20H23ClN2O3. The van der Waals surface area contributed by atoms with E-state index in [0.29, 0.717) is 6.42 Å². The molecule has 2 aromatic rings. The molecule has 0 spiro atoms. The average molecular weight is 375 g/mol. The molecule has 5 nitrogen and oxygen atoms in total. The van der Waals surface area contributed by atoms with Crippen LogP contribution in [0.25, 0.3) is 11.3 Å². The molecule has 0 bridgehead atoms. The largest absolute Gasteiger partial charge is 0.469 e. The third kappa shape index (κ3) is 2.93. The summed E-state index contributed by atoms with van der Waals surface area (Å²) in [6.07, 6.45) is 7.10. The lowest BCUT2D eigenvalue weighted by Gasteiger charge is -2.32. The van der Waals surface area contributed by atoms with E-state index >= 15 is 0 Å². The van der Waals surface area contributed by atoms with Crippen LogP contribution < -0.4 is 0 Å². The van der Waals surface area contributed by atoms with Gasteiger partial charge in [0.15, 0.2) is 0 Å². The van der Waals surface area contributed by atoms with Gasteiger partial charge in [0.05, 0.1) is 43.4 Å². The number of aromatic nitrogens is 2. The summed E-state index contributed by atoms with van der Waals surface area (Å²) in [5, 5.41) is 11.6. The Bertz CT molecular complexity index is 811. The van der Waals surface area contributed by atoms with Crippen LogP contribution in [0.3, 0.4) is 0 Å². The molecule has 1 N–H and O–H groups in total. The topological polar surface area (TPSA) is 64.3 Å². The molecular weight excluding hydrogens is 352 g/mol. The Balaban J connectivity index is 1.49. The van der Waals surface area contributed by atoms with Crippen LogP contribution in [0.2, 0.25) is 5.02 Å². The van der Waals surface area contributed by atoms with Crippen LogP contribution in [0.5, 0.6) is 0 Å². The Morgan fingerprint density at radius 1 is 1.38 bits per heavy atom. The number of aliphatic hydroxyl groups excluding tert-OH is 1. The van der Waals surface area contributed by atoms with E-state index < -0.39 is 6.10 Å². The number of imidazole rings is 1. The molecule has 1 aliphatic heterocycles. The van der Waals surface area contributed by atoms with Crippen molar-refractivity contribution in [1.29, 1.82) is 0 Å². The van der Waals surface area contributed by atoms with Crippen molar-refractivity contribution < 1.29 is 14.6 Å². The zero-order valence-corrected chi connectivity index (χ0v) is 15.5. The van der Waals surface area contributed by atoms with Crippen molar-refractivity contribution in [1.82, 2.24) is 9.55 Å². The van der Waals surface area contributed by atoms with Crippen LogP contribution >= 0.6 is 11.6 Å². The van der Waals surface area contributed by atoms with Gasteiger partial charge < -0.3 is 14.4 Å². The number of fused-ring (bicyclic) bond motifs is 3. The molecule has 6 heteroatoms. The smallest absolute Gasteiger partial charge is 0.308 e. The highest BCUT2D eigenvalue weighted by Crippen LogP contribution is 2.46. The Morgan fingerprint density at radius 2 is 2.15 bits per heavy atom. The van der Waals surface area contributed by atoms with E-state index in [1.807, 2.05) is 24.7 Å². The van der Waals surface area contributed by atoms with E-state index in [2.05, 4.69) is 15.6 Å². The molecule has 4 rings (SSSR count). The summed E-state index contributed by atoms with van der Waals surface area (Å²) in [6.45, 7) is 0. The van der Waals surface area contributed by atoms with E-state index in [9.17, 15) is 9.90 Å². The second-order valence-electron chi connectivity index (χ2n) is 7.34. The van der Waals surface area contributed by atoms with E-state index in [0.717, 1.165) is 47.5 Å². The molecule has 0 amide bonds. The number of aliphatic hydroxyl groups is 1. The lowest BCUT2D eigenvalue weighted by Crippen LogP contribution is -2.30. The molecule has 2 unspecified atom stereocenters. The standard InChI is InChI=1S/C20H23ClN2O3/c1-26-20(25)13-7-5-12(6-8-13)18(24)9-16-19-14(3-2-4-15(19)21)17-10-22-11-23(16)17/h2-4,10-13,16,18,24H,5-9H2,1H3. The molecule has 26 heavy (non-hydrogen) atoms. The van der Waals surface area contributed by atoms with Crippen molar-refractivity contribution >= 4 is 17.6 Å². The van der Waals surface area contributed by atoms with Gasteiger partial charge in [0.25, 0.3) is 0 Å². The number of carbonyl (C=O) groups is 1. The normalized spacial score (nSPS) is 25.4. The van der Waals surface area contributed by atoms with E-state index in [1.54, 1.807) is 0 Å². The van der Waals surface area contributed by atoms with Crippen molar-refractivity contribution in [3.05, 3.63) is 41.3 Å². The third-order valence-electron chi connectivity index (χ3n) is 5.98. The lowest BCUT2D eigenvalue weighted by molar-refractivity contribution is -0.147. The van der Waals surface area contributed by atoms with Gasteiger partial charge in [-0.15, -0.1) is 0 Å². The summed E-state index contributed by atoms with van der Waals surface area (Å²) in [5.41, 5.74) is 3.23. The fourth-order valence-corrected chi connectivity index (χ4v) is 4.86. The number of ether oxygens (including phenoxy) is 1. The molecule has 1 aromatic carbocycles. The molecule has 0 radical (unpaired) electrons. The first kappa shape index (κ1) is 17.6. The van der Waals surface area contributed by atoms with Gasteiger partial charge in [0, 0.05) is 16.1 Å². The zero-order chi connectivity index (χ0) is 18.3. The summed E-state index contributed by atoms with van der Waals surface area (Å²) in [5.74, 6) is 0.0530. The van der Waals surface area contributed by atoms with Crippen molar-refractivity contribution in [2.24, 2.45) is 11.8 Å². The van der Waals surface area contributed by atoms with E-state index in [-0.39, 0.29) is 23.8 Å². The van der Waals surface area contributed by atoms with Crippen molar-refractivity contribution in [3.63, 3.8) is 0 Å². The molecule has 1 aromatic heterocycles. The maximum atomic E-state index is 11.7. The van der Waals surface area contributed by atoms with E-state index in [1.165, 1.54) is 7.11 Å². The van der Waals surface area contributed by atoms with Gasteiger partial charge in [-0.1, -0.05) is 23.7 Å². The van der Waals surface area contributed by atoms with Gasteiger partial charge in [-0.2, -0.15) is 0 Å². The zero-order valence-electron chi connectivity index (χ0n) is 14.8. The molecule has 1 fully saturated rings. The van der Waals surface area contributed by atoms with Crippen LogP contribution in [0.4, 0.5) is 0 Å². The maximum Gasteiger partial charge on any atom is 0.308 e. The van der Waals surface area contributed by atoms with Crippen LogP contribution in [0.1, 0.15) is 43.7 Å². The summed E-state index contributed by atoms with van der Waals surface area (Å²) in [6, 6.07) is 5.92. The molecule has 2 heterocycles. The Hall–Kier alpha value is -1.85. The Kier molecular flexibility index (Phi) is 4.76. The van der Waals surface area contributed by atoms with E-state index in [4.69, 9.17) is 16.3 Å². The number of benzene rings is 1. The van der Waals surface area contributed by atoms with Gasteiger partial charge >= 0.3 is 5.97 Å². The highest BCUT2D eigenvalue weighted by Gasteiger charge is 2.36. The van der Waals surface area contributed by atoms with Crippen molar-refractivity contribution in [2.75, 3.05) is 7.11 Å². The molecule has 138 valence electrons. The summed E-state index contributed by atoms with van der Waals surface area (Å²) >= 11 is 6.48. The first-order valence-electron chi connectivity index (χ1n) is 9.16. The minimum Gasteiger partial charge on any atom is -0.469 e. The molecule has 1 saturated carbocycles. The summed E-state index contributed by atoms with van der Waals surface area (Å²) in [7, 11) is 1.44. The summed E-state index contributed by atoms with van der Waals surface area (Å²) in [4.78, 5) is 16.0. The van der Waals surface area contributed by atoms with Crippen molar-refractivity contribution in [3.8, 4) is 11.3 Å². The number of carbonyl (C=O) groups excluding carboxylic acids is 1. The average Bonchev–Trinajstić information content (AvgIpc) is 3.24. The van der Waals surface area contributed by atoms with Gasteiger partial charge in [-0.25, -0.2) is 4.98 Å². The number of esters is 1. The fourth-order valence-electron chi connectivity index (χ4n) is 4.56. The number of methoxy groups -OCH3 is 1. The SMILES string of the molecule is COC(=O)C1CCC(C(O)CC2c3c(Cl)cccc3-c3cncn32)CC1. The Morgan fingerprint density at radius 3 is 2.88 bits per heavy atom. The van der Waals surface area contributed by atoms with Gasteiger partial charge in [-0.3, -0.25) is 4.79 Å². The lowest BCUT2D eigenvalue weighted by atomic mass is 9.77. The second-order valence-corrected chi connectivity index (χ2v) is 7.75. The van der Waals surface area contributed by atoms with Gasteiger partial charge in [0.1, 0.15) is 0 Å².